The van der Waals surface area contributed by atoms with Crippen molar-refractivity contribution in [3.63, 3.8) is 0 Å². The van der Waals surface area contributed by atoms with Gasteiger partial charge in [0.15, 0.2) is 0 Å². The number of nitrogens with one attached hydrogen (secondary N) is 1. The number of nitrogens with zero attached hydrogens (tertiary/aromatic N) is 2. The third-order valence-electron chi connectivity index (χ3n) is 3.99. The Hall–Kier alpha value is -1.91. The molecule has 2 heterocycles. The smallest absolute Gasteiger partial charge is 0.123 e. The zero-order chi connectivity index (χ0) is 15.2. The Bertz CT molecular complexity index is 601. The lowest BCUT2D eigenvalue weighted by molar-refractivity contribution is 0.271. The van der Waals surface area contributed by atoms with Gasteiger partial charge < -0.3 is 10.1 Å². The quantitative estimate of drug-likeness (QED) is 0.920. The molecule has 3 rings (SSSR count). The van der Waals surface area contributed by atoms with Crippen LogP contribution in [-0.2, 0) is 19.6 Å². The minimum atomic E-state index is 0.746. The average molecular weight is 297 g/mol. The van der Waals surface area contributed by atoms with Crippen molar-refractivity contribution in [2.45, 2.75) is 26.6 Å². The van der Waals surface area contributed by atoms with E-state index in [4.69, 9.17) is 4.74 Å². The van der Waals surface area contributed by atoms with Gasteiger partial charge in [0, 0.05) is 44.1 Å². The highest BCUT2D eigenvalue weighted by molar-refractivity contribution is 5.37. The summed E-state index contributed by atoms with van der Waals surface area (Å²) < 4.78 is 5.75. The number of hydrogen-bond acceptors (Lipinski definition) is 4. The molecule has 1 aromatic heterocycles. The van der Waals surface area contributed by atoms with Gasteiger partial charge in [-0.15, -0.1) is 0 Å². The van der Waals surface area contributed by atoms with E-state index in [1.165, 1.54) is 16.7 Å². The van der Waals surface area contributed by atoms with Gasteiger partial charge in [-0.1, -0.05) is 13.0 Å². The van der Waals surface area contributed by atoms with Crippen molar-refractivity contribution in [2.75, 3.05) is 19.7 Å². The van der Waals surface area contributed by atoms with Crippen molar-refractivity contribution >= 4 is 0 Å². The van der Waals surface area contributed by atoms with Crippen LogP contribution in [0.3, 0.4) is 0 Å². The molecule has 1 aliphatic rings. The molecule has 0 saturated carbocycles. The van der Waals surface area contributed by atoms with Crippen LogP contribution < -0.4 is 10.1 Å². The van der Waals surface area contributed by atoms with Gasteiger partial charge in [-0.3, -0.25) is 9.88 Å². The summed E-state index contributed by atoms with van der Waals surface area (Å²) in [6.07, 6.45) is 3.71. The topological polar surface area (TPSA) is 37.4 Å². The lowest BCUT2D eigenvalue weighted by atomic mass is 10.1. The normalized spacial score (nSPS) is 14.3. The van der Waals surface area contributed by atoms with Crippen LogP contribution in [0.2, 0.25) is 0 Å². The molecule has 4 heteroatoms. The number of aromatic nitrogens is 1. The van der Waals surface area contributed by atoms with E-state index < -0.39 is 0 Å². The van der Waals surface area contributed by atoms with E-state index >= 15 is 0 Å². The maximum atomic E-state index is 5.75. The summed E-state index contributed by atoms with van der Waals surface area (Å²) >= 11 is 0. The molecule has 116 valence electrons. The average Bonchev–Trinajstić information content (AvgIpc) is 2.80. The summed E-state index contributed by atoms with van der Waals surface area (Å²) in [5.41, 5.74) is 3.90. The second-order valence-corrected chi connectivity index (χ2v) is 5.63. The van der Waals surface area contributed by atoms with Crippen LogP contribution in [0.15, 0.2) is 42.7 Å². The highest BCUT2D eigenvalue weighted by Gasteiger charge is 2.11. The first-order valence-corrected chi connectivity index (χ1v) is 7.91. The van der Waals surface area contributed by atoms with Crippen molar-refractivity contribution in [3.8, 4) is 5.75 Å². The van der Waals surface area contributed by atoms with Crippen molar-refractivity contribution in [3.05, 3.63) is 59.4 Å². The molecular weight excluding hydrogens is 274 g/mol. The molecule has 0 atom stereocenters. The Labute approximate surface area is 132 Å². The maximum Gasteiger partial charge on any atom is 0.123 e. The predicted molar refractivity (Wildman–Crippen MR) is 87.7 cm³/mol. The van der Waals surface area contributed by atoms with Crippen LogP contribution >= 0.6 is 0 Å². The molecule has 1 aromatic carbocycles. The van der Waals surface area contributed by atoms with Gasteiger partial charge in [-0.2, -0.15) is 0 Å². The minimum absolute atomic E-state index is 0.746. The molecular formula is C18H23N3O. The third-order valence-corrected chi connectivity index (χ3v) is 3.99. The number of ether oxygens (including phenoxy) is 1. The van der Waals surface area contributed by atoms with Gasteiger partial charge in [0.05, 0.1) is 0 Å². The molecule has 0 spiro atoms. The van der Waals surface area contributed by atoms with Gasteiger partial charge in [-0.05, 0) is 41.9 Å². The van der Waals surface area contributed by atoms with Crippen molar-refractivity contribution in [1.82, 2.24) is 15.2 Å². The fourth-order valence-corrected chi connectivity index (χ4v) is 2.75. The fraction of sp³-hybridized carbons (Fsp3) is 0.389. The molecule has 4 nitrogen and oxygen atoms in total. The van der Waals surface area contributed by atoms with E-state index in [2.05, 4.69) is 52.5 Å². The molecule has 0 aliphatic carbocycles. The van der Waals surface area contributed by atoms with E-state index in [-0.39, 0.29) is 0 Å². The highest BCUT2D eigenvalue weighted by atomic mass is 16.5. The summed E-state index contributed by atoms with van der Waals surface area (Å²) in [6, 6.07) is 10.7. The van der Waals surface area contributed by atoms with E-state index in [1.807, 2.05) is 12.4 Å². The van der Waals surface area contributed by atoms with Crippen LogP contribution in [0.4, 0.5) is 0 Å². The standard InChI is InChI=1S/C18H23N3O/c1-2-21(13-15-5-7-19-8-6-15)14-16-3-4-18-17(11-16)12-20-9-10-22-18/h3-8,11,20H,2,9-10,12-14H2,1H3. The maximum absolute atomic E-state index is 5.75. The van der Waals surface area contributed by atoms with Crippen molar-refractivity contribution in [1.29, 1.82) is 0 Å². The molecule has 22 heavy (non-hydrogen) atoms. The molecule has 2 aromatic rings. The van der Waals surface area contributed by atoms with E-state index in [0.29, 0.717) is 0 Å². The van der Waals surface area contributed by atoms with E-state index in [0.717, 1.165) is 45.1 Å². The lowest BCUT2D eigenvalue weighted by Gasteiger charge is -2.21. The van der Waals surface area contributed by atoms with Crippen LogP contribution in [0.5, 0.6) is 5.75 Å². The Morgan fingerprint density at radius 3 is 2.77 bits per heavy atom. The molecule has 1 aliphatic heterocycles. The lowest BCUT2D eigenvalue weighted by Crippen LogP contribution is -2.22. The molecule has 0 saturated heterocycles. The summed E-state index contributed by atoms with van der Waals surface area (Å²) in [7, 11) is 0. The SMILES string of the molecule is CCN(Cc1ccncc1)Cc1ccc2c(c1)CNCCO2. The van der Waals surface area contributed by atoms with Gasteiger partial charge in [0.2, 0.25) is 0 Å². The van der Waals surface area contributed by atoms with Crippen LogP contribution in [0.1, 0.15) is 23.6 Å². The second-order valence-electron chi connectivity index (χ2n) is 5.63. The first kappa shape index (κ1) is 15.0. The van der Waals surface area contributed by atoms with E-state index in [1.54, 1.807) is 0 Å². The highest BCUT2D eigenvalue weighted by Crippen LogP contribution is 2.22. The third kappa shape index (κ3) is 3.84. The largest absolute Gasteiger partial charge is 0.492 e. The number of pyridine rings is 1. The first-order valence-electron chi connectivity index (χ1n) is 7.91. The minimum Gasteiger partial charge on any atom is -0.492 e. The van der Waals surface area contributed by atoms with Gasteiger partial charge in [-0.25, -0.2) is 0 Å². The van der Waals surface area contributed by atoms with Gasteiger partial charge in [0.25, 0.3) is 0 Å². The number of hydrogen-bond donors (Lipinski definition) is 1. The van der Waals surface area contributed by atoms with Gasteiger partial charge in [0.1, 0.15) is 12.4 Å². The number of fused-ring (bicyclic) bond motifs is 1. The Morgan fingerprint density at radius 1 is 1.14 bits per heavy atom. The van der Waals surface area contributed by atoms with Crippen LogP contribution in [0, 0.1) is 0 Å². The summed E-state index contributed by atoms with van der Waals surface area (Å²) in [6.45, 7) is 7.67. The molecule has 0 bridgehead atoms. The molecule has 0 amide bonds. The summed E-state index contributed by atoms with van der Waals surface area (Å²) in [5.74, 6) is 1.02. The van der Waals surface area contributed by atoms with E-state index in [9.17, 15) is 0 Å². The second kappa shape index (κ2) is 7.38. The number of rotatable bonds is 5. The van der Waals surface area contributed by atoms with Crippen molar-refractivity contribution < 1.29 is 4.74 Å². The fourth-order valence-electron chi connectivity index (χ4n) is 2.75. The van der Waals surface area contributed by atoms with Gasteiger partial charge >= 0.3 is 0 Å². The molecule has 0 radical (unpaired) electrons. The first-order chi connectivity index (χ1) is 10.8. The number of benzene rings is 1. The Morgan fingerprint density at radius 2 is 1.95 bits per heavy atom. The summed E-state index contributed by atoms with van der Waals surface area (Å²) in [5, 5.41) is 3.39. The molecule has 0 unspecified atom stereocenters. The Kier molecular flexibility index (Phi) is 5.03. The molecule has 0 fully saturated rings. The monoisotopic (exact) mass is 297 g/mol. The zero-order valence-electron chi connectivity index (χ0n) is 13.1. The van der Waals surface area contributed by atoms with Crippen LogP contribution in [0.25, 0.3) is 0 Å². The Balaban J connectivity index is 1.69. The molecule has 1 N–H and O–H groups in total. The summed E-state index contributed by atoms with van der Waals surface area (Å²) in [4.78, 5) is 6.51. The zero-order valence-corrected chi connectivity index (χ0v) is 13.1. The van der Waals surface area contributed by atoms with Crippen molar-refractivity contribution in [2.24, 2.45) is 0 Å². The predicted octanol–water partition coefficient (Wildman–Crippen LogP) is 2.59. The van der Waals surface area contributed by atoms with Crippen LogP contribution in [-0.4, -0.2) is 29.6 Å².